The summed E-state index contributed by atoms with van der Waals surface area (Å²) in [5, 5.41) is 12.3. The van der Waals surface area contributed by atoms with Crippen molar-refractivity contribution in [3.8, 4) is 0 Å². The van der Waals surface area contributed by atoms with Crippen LogP contribution in [0.4, 0.5) is 0 Å². The molecule has 0 fully saturated rings. The summed E-state index contributed by atoms with van der Waals surface area (Å²) in [4.78, 5) is 4.48. The molecule has 21 heavy (non-hydrogen) atoms. The molecule has 1 heterocycles. The van der Waals surface area contributed by atoms with Gasteiger partial charge in [-0.1, -0.05) is 35.9 Å². The van der Waals surface area contributed by atoms with Crippen LogP contribution >= 0.6 is 11.6 Å². The number of halogens is 1. The molecule has 2 aromatic carbocycles. The number of aryl methyl sites for hydroxylation is 1. The molecule has 0 spiro atoms. The van der Waals surface area contributed by atoms with Crippen molar-refractivity contribution in [2.75, 3.05) is 0 Å². The second-order valence-electron chi connectivity index (χ2n) is 5.26. The van der Waals surface area contributed by atoms with Gasteiger partial charge in [-0.25, -0.2) is 0 Å². The van der Waals surface area contributed by atoms with Crippen molar-refractivity contribution in [1.82, 2.24) is 4.98 Å². The van der Waals surface area contributed by atoms with Crippen molar-refractivity contribution in [2.24, 2.45) is 0 Å². The molecule has 3 heteroatoms. The van der Waals surface area contributed by atoms with Gasteiger partial charge < -0.3 is 5.11 Å². The smallest absolute Gasteiger partial charge is 0.104 e. The van der Waals surface area contributed by atoms with E-state index in [0.29, 0.717) is 5.02 Å². The van der Waals surface area contributed by atoms with Crippen LogP contribution in [-0.2, 0) is 0 Å². The number of benzene rings is 2. The fourth-order valence-corrected chi connectivity index (χ4v) is 2.70. The predicted molar refractivity (Wildman–Crippen MR) is 86.7 cm³/mol. The fourth-order valence-electron chi connectivity index (χ4n) is 2.52. The van der Waals surface area contributed by atoms with Crippen LogP contribution in [0.3, 0.4) is 0 Å². The van der Waals surface area contributed by atoms with E-state index in [-0.39, 0.29) is 0 Å². The van der Waals surface area contributed by atoms with Gasteiger partial charge in [-0.15, -0.1) is 0 Å². The predicted octanol–water partition coefficient (Wildman–Crippen LogP) is 4.59. The average molecular weight is 298 g/mol. The lowest BCUT2D eigenvalue weighted by Crippen LogP contribution is -2.02. The largest absolute Gasteiger partial charge is 0.384 e. The van der Waals surface area contributed by atoms with Gasteiger partial charge in [0.15, 0.2) is 0 Å². The summed E-state index contributed by atoms with van der Waals surface area (Å²) in [6, 6.07) is 15.4. The highest BCUT2D eigenvalue weighted by atomic mass is 35.5. The topological polar surface area (TPSA) is 33.1 Å². The Kier molecular flexibility index (Phi) is 3.66. The molecule has 2 nitrogen and oxygen atoms in total. The minimum atomic E-state index is -0.686. The van der Waals surface area contributed by atoms with Gasteiger partial charge in [0.25, 0.3) is 0 Å². The molecule has 0 saturated carbocycles. The summed E-state index contributed by atoms with van der Waals surface area (Å²) in [7, 11) is 0. The fraction of sp³-hybridized carbons (Fsp3) is 0.167. The lowest BCUT2D eigenvalue weighted by Gasteiger charge is -2.15. The Morgan fingerprint density at radius 1 is 1.05 bits per heavy atom. The molecular formula is C18H16ClNO. The van der Waals surface area contributed by atoms with Gasteiger partial charge in [-0.05, 0) is 54.8 Å². The molecule has 1 aromatic heterocycles. The van der Waals surface area contributed by atoms with Crippen LogP contribution in [0.15, 0.2) is 48.5 Å². The molecule has 0 aliphatic carbocycles. The zero-order chi connectivity index (χ0) is 15.0. The summed E-state index contributed by atoms with van der Waals surface area (Å²) < 4.78 is 0. The van der Waals surface area contributed by atoms with Crippen molar-refractivity contribution < 1.29 is 5.11 Å². The zero-order valence-electron chi connectivity index (χ0n) is 12.0. The second-order valence-corrected chi connectivity index (χ2v) is 5.67. The Bertz CT molecular complexity index is 813. The quantitative estimate of drug-likeness (QED) is 0.750. The van der Waals surface area contributed by atoms with E-state index < -0.39 is 6.10 Å². The number of rotatable bonds is 2. The van der Waals surface area contributed by atoms with Crippen LogP contribution in [0, 0.1) is 13.8 Å². The number of aliphatic hydroxyl groups is 1. The standard InChI is InChI=1S/C18H16ClNO/c1-11-6-7-13-10-14(8-9-17(13)20-11)18(21)15-4-3-5-16(19)12(15)2/h3-10,18,21H,1-2H3. The van der Waals surface area contributed by atoms with E-state index in [2.05, 4.69) is 4.98 Å². The highest BCUT2D eigenvalue weighted by Gasteiger charge is 2.14. The molecular weight excluding hydrogens is 282 g/mol. The highest BCUT2D eigenvalue weighted by molar-refractivity contribution is 6.31. The SMILES string of the molecule is Cc1ccc2cc(C(O)c3cccc(Cl)c3C)ccc2n1. The number of fused-ring (bicyclic) bond motifs is 1. The molecule has 0 radical (unpaired) electrons. The Labute approximate surface area is 129 Å². The first-order valence-corrected chi connectivity index (χ1v) is 7.24. The molecule has 0 amide bonds. The maximum Gasteiger partial charge on any atom is 0.104 e. The van der Waals surface area contributed by atoms with E-state index in [0.717, 1.165) is 33.3 Å². The van der Waals surface area contributed by atoms with Crippen LogP contribution in [0.2, 0.25) is 5.02 Å². The number of hydrogen-bond acceptors (Lipinski definition) is 2. The summed E-state index contributed by atoms with van der Waals surface area (Å²) in [6.07, 6.45) is -0.686. The average Bonchev–Trinajstić information content (AvgIpc) is 2.49. The molecule has 3 rings (SSSR count). The Balaban J connectivity index is 2.07. The van der Waals surface area contributed by atoms with E-state index in [4.69, 9.17) is 11.6 Å². The second kappa shape index (κ2) is 5.47. The molecule has 0 aliphatic heterocycles. The van der Waals surface area contributed by atoms with E-state index in [1.165, 1.54) is 0 Å². The van der Waals surface area contributed by atoms with Gasteiger partial charge in [0.05, 0.1) is 5.52 Å². The van der Waals surface area contributed by atoms with Gasteiger partial charge in [0.2, 0.25) is 0 Å². The molecule has 3 aromatic rings. The van der Waals surface area contributed by atoms with Gasteiger partial charge >= 0.3 is 0 Å². The first-order chi connectivity index (χ1) is 10.1. The number of aliphatic hydroxyl groups excluding tert-OH is 1. The van der Waals surface area contributed by atoms with E-state index in [9.17, 15) is 5.11 Å². The van der Waals surface area contributed by atoms with Crippen molar-refractivity contribution in [3.05, 3.63) is 75.9 Å². The van der Waals surface area contributed by atoms with E-state index in [1.807, 2.05) is 62.4 Å². The Morgan fingerprint density at radius 3 is 2.67 bits per heavy atom. The third-order valence-corrected chi connectivity index (χ3v) is 4.18. The van der Waals surface area contributed by atoms with E-state index >= 15 is 0 Å². The van der Waals surface area contributed by atoms with Gasteiger partial charge in [-0.3, -0.25) is 4.98 Å². The summed E-state index contributed by atoms with van der Waals surface area (Å²) in [5.41, 5.74) is 4.52. The van der Waals surface area contributed by atoms with Crippen molar-refractivity contribution in [1.29, 1.82) is 0 Å². The Morgan fingerprint density at radius 2 is 1.86 bits per heavy atom. The first kappa shape index (κ1) is 14.1. The van der Waals surface area contributed by atoms with Crippen molar-refractivity contribution in [3.63, 3.8) is 0 Å². The van der Waals surface area contributed by atoms with Gasteiger partial charge in [0, 0.05) is 16.1 Å². The number of aromatic nitrogens is 1. The summed E-state index contributed by atoms with van der Waals surface area (Å²) in [5.74, 6) is 0. The third kappa shape index (κ3) is 2.65. The Hall–Kier alpha value is -1.90. The molecule has 106 valence electrons. The maximum atomic E-state index is 10.6. The summed E-state index contributed by atoms with van der Waals surface area (Å²) in [6.45, 7) is 3.89. The van der Waals surface area contributed by atoms with Crippen LogP contribution in [0.1, 0.15) is 28.5 Å². The number of hydrogen-bond donors (Lipinski definition) is 1. The lowest BCUT2D eigenvalue weighted by atomic mass is 9.96. The van der Waals surface area contributed by atoms with Crippen LogP contribution < -0.4 is 0 Å². The highest BCUT2D eigenvalue weighted by Crippen LogP contribution is 2.30. The third-order valence-electron chi connectivity index (χ3n) is 3.77. The molecule has 1 unspecified atom stereocenters. The normalized spacial score (nSPS) is 12.6. The van der Waals surface area contributed by atoms with E-state index in [1.54, 1.807) is 0 Å². The minimum absolute atomic E-state index is 0.671. The molecule has 0 aliphatic rings. The molecule has 1 atom stereocenters. The number of nitrogens with zero attached hydrogens (tertiary/aromatic N) is 1. The lowest BCUT2D eigenvalue weighted by molar-refractivity contribution is 0.219. The van der Waals surface area contributed by atoms with Gasteiger partial charge in [0.1, 0.15) is 6.10 Å². The van der Waals surface area contributed by atoms with Crippen LogP contribution in [-0.4, -0.2) is 10.1 Å². The zero-order valence-corrected chi connectivity index (χ0v) is 12.7. The number of pyridine rings is 1. The van der Waals surface area contributed by atoms with Gasteiger partial charge in [-0.2, -0.15) is 0 Å². The molecule has 0 bridgehead atoms. The maximum absolute atomic E-state index is 10.6. The summed E-state index contributed by atoms with van der Waals surface area (Å²) >= 11 is 6.14. The first-order valence-electron chi connectivity index (χ1n) is 6.86. The van der Waals surface area contributed by atoms with Crippen molar-refractivity contribution >= 4 is 22.5 Å². The van der Waals surface area contributed by atoms with Crippen molar-refractivity contribution in [2.45, 2.75) is 20.0 Å². The monoisotopic (exact) mass is 297 g/mol. The minimum Gasteiger partial charge on any atom is -0.384 e. The van der Waals surface area contributed by atoms with Crippen LogP contribution in [0.5, 0.6) is 0 Å². The van der Waals surface area contributed by atoms with Crippen LogP contribution in [0.25, 0.3) is 10.9 Å². The molecule has 1 N–H and O–H groups in total. The molecule has 0 saturated heterocycles.